The zero-order chi connectivity index (χ0) is 18.4. The minimum Gasteiger partial charge on any atom is -0.497 e. The number of hydrogen-bond acceptors (Lipinski definition) is 3. The predicted molar refractivity (Wildman–Crippen MR) is 107 cm³/mol. The van der Waals surface area contributed by atoms with Gasteiger partial charge in [0.15, 0.2) is 5.11 Å². The lowest BCUT2D eigenvalue weighted by molar-refractivity contribution is -0.115. The number of rotatable bonds is 4. The van der Waals surface area contributed by atoms with Crippen LogP contribution in [0.15, 0.2) is 42.5 Å². The Labute approximate surface area is 153 Å². The molecule has 2 aromatic carbocycles. The van der Waals surface area contributed by atoms with E-state index < -0.39 is 0 Å². The number of hydrogen-bond donors (Lipinski definition) is 2. The second-order valence-electron chi connectivity index (χ2n) is 5.82. The Morgan fingerprint density at radius 2 is 1.68 bits per heavy atom. The highest BCUT2D eigenvalue weighted by Gasteiger charge is 2.07. The van der Waals surface area contributed by atoms with E-state index in [0.29, 0.717) is 0 Å². The molecule has 0 aliphatic heterocycles. The highest BCUT2D eigenvalue weighted by Crippen LogP contribution is 2.21. The first-order chi connectivity index (χ1) is 11.9. The fourth-order valence-corrected chi connectivity index (χ4v) is 2.77. The van der Waals surface area contributed by atoms with Crippen LogP contribution in [0, 0.1) is 20.8 Å². The van der Waals surface area contributed by atoms with Crippen molar-refractivity contribution in [2.24, 2.45) is 0 Å². The summed E-state index contributed by atoms with van der Waals surface area (Å²) in [7, 11) is 1.61. The third-order valence-corrected chi connectivity index (χ3v) is 3.90. The molecule has 4 nitrogen and oxygen atoms in total. The molecule has 130 valence electrons. The van der Waals surface area contributed by atoms with Gasteiger partial charge in [0.2, 0.25) is 5.91 Å². The van der Waals surface area contributed by atoms with E-state index in [0.717, 1.165) is 28.1 Å². The van der Waals surface area contributed by atoms with Crippen LogP contribution in [-0.2, 0) is 4.79 Å². The van der Waals surface area contributed by atoms with E-state index in [1.165, 1.54) is 11.6 Å². The monoisotopic (exact) mass is 354 g/mol. The summed E-state index contributed by atoms with van der Waals surface area (Å²) in [5.41, 5.74) is 5.19. The van der Waals surface area contributed by atoms with Crippen LogP contribution in [0.25, 0.3) is 6.08 Å². The first-order valence-electron chi connectivity index (χ1n) is 7.91. The molecule has 0 saturated carbocycles. The normalized spacial score (nSPS) is 10.6. The van der Waals surface area contributed by atoms with Crippen molar-refractivity contribution >= 4 is 35.0 Å². The topological polar surface area (TPSA) is 50.4 Å². The Kier molecular flexibility index (Phi) is 6.31. The maximum atomic E-state index is 12.0. The molecule has 0 saturated heterocycles. The average Bonchev–Trinajstić information content (AvgIpc) is 2.56. The van der Waals surface area contributed by atoms with E-state index in [9.17, 15) is 4.79 Å². The van der Waals surface area contributed by atoms with E-state index in [1.54, 1.807) is 13.2 Å². The number of methoxy groups -OCH3 is 1. The molecule has 0 aromatic heterocycles. The summed E-state index contributed by atoms with van der Waals surface area (Å²) in [6.45, 7) is 6.07. The van der Waals surface area contributed by atoms with Crippen molar-refractivity contribution < 1.29 is 9.53 Å². The van der Waals surface area contributed by atoms with Gasteiger partial charge in [-0.2, -0.15) is 0 Å². The second kappa shape index (κ2) is 8.44. The van der Waals surface area contributed by atoms with Gasteiger partial charge in [0.1, 0.15) is 5.75 Å². The van der Waals surface area contributed by atoms with Gasteiger partial charge in [0, 0.05) is 11.8 Å². The van der Waals surface area contributed by atoms with Crippen molar-refractivity contribution in [3.05, 3.63) is 64.7 Å². The Hall–Kier alpha value is -2.66. The average molecular weight is 354 g/mol. The number of anilines is 1. The smallest absolute Gasteiger partial charge is 0.250 e. The van der Waals surface area contributed by atoms with Gasteiger partial charge in [-0.15, -0.1) is 0 Å². The van der Waals surface area contributed by atoms with E-state index in [4.69, 9.17) is 17.0 Å². The summed E-state index contributed by atoms with van der Waals surface area (Å²) in [5, 5.41) is 6.04. The number of carbonyl (C=O) groups is 1. The molecule has 0 radical (unpaired) electrons. The number of thiocarbonyl (C=S) groups is 1. The molecule has 0 heterocycles. The third kappa shape index (κ3) is 5.43. The highest BCUT2D eigenvalue weighted by atomic mass is 32.1. The first-order valence-corrected chi connectivity index (χ1v) is 8.32. The van der Waals surface area contributed by atoms with Gasteiger partial charge in [-0.25, -0.2) is 0 Å². The van der Waals surface area contributed by atoms with Gasteiger partial charge >= 0.3 is 0 Å². The lowest BCUT2D eigenvalue weighted by atomic mass is 10.1. The summed E-state index contributed by atoms with van der Waals surface area (Å²) >= 11 is 5.23. The summed E-state index contributed by atoms with van der Waals surface area (Å²) in [5.74, 6) is 0.492. The van der Waals surface area contributed by atoms with E-state index >= 15 is 0 Å². The molecule has 2 rings (SSSR count). The van der Waals surface area contributed by atoms with Crippen LogP contribution in [0.3, 0.4) is 0 Å². The zero-order valence-electron chi connectivity index (χ0n) is 14.8. The van der Waals surface area contributed by atoms with Gasteiger partial charge in [0.25, 0.3) is 0 Å². The standard InChI is InChI=1S/C20H22N2O2S/c1-13-11-14(2)19(15(3)12-13)22-20(25)21-18(23)10-7-16-5-8-17(24-4)9-6-16/h5-12H,1-4H3,(H2,21,22,23,25). The van der Waals surface area contributed by atoms with Crippen LogP contribution in [0.5, 0.6) is 5.75 Å². The van der Waals surface area contributed by atoms with Gasteiger partial charge < -0.3 is 10.1 Å². The van der Waals surface area contributed by atoms with Gasteiger partial charge in [-0.05, 0) is 67.9 Å². The number of amides is 1. The molecule has 0 spiro atoms. The summed E-state index contributed by atoms with van der Waals surface area (Å²) in [4.78, 5) is 12.0. The lowest BCUT2D eigenvalue weighted by Gasteiger charge is -2.14. The van der Waals surface area contributed by atoms with Crippen LogP contribution >= 0.6 is 12.2 Å². The number of carbonyl (C=O) groups excluding carboxylic acids is 1. The largest absolute Gasteiger partial charge is 0.497 e. The molecule has 25 heavy (non-hydrogen) atoms. The predicted octanol–water partition coefficient (Wildman–Crippen LogP) is 4.15. The van der Waals surface area contributed by atoms with Crippen molar-refractivity contribution in [3.63, 3.8) is 0 Å². The minimum atomic E-state index is -0.282. The van der Waals surface area contributed by atoms with Crippen molar-refractivity contribution in [2.45, 2.75) is 20.8 Å². The number of ether oxygens (including phenoxy) is 1. The molecule has 0 bridgehead atoms. The highest BCUT2D eigenvalue weighted by molar-refractivity contribution is 7.80. The Morgan fingerprint density at radius 3 is 2.24 bits per heavy atom. The molecule has 2 aromatic rings. The van der Waals surface area contributed by atoms with Crippen LogP contribution in [0.2, 0.25) is 0 Å². The van der Waals surface area contributed by atoms with Crippen LogP contribution in [0.4, 0.5) is 5.69 Å². The maximum absolute atomic E-state index is 12.0. The maximum Gasteiger partial charge on any atom is 0.250 e. The molecule has 0 fully saturated rings. The molecule has 0 unspecified atom stereocenters. The quantitative estimate of drug-likeness (QED) is 0.640. The molecule has 1 amide bonds. The number of benzene rings is 2. The zero-order valence-corrected chi connectivity index (χ0v) is 15.7. The van der Waals surface area contributed by atoms with Crippen molar-refractivity contribution in [2.75, 3.05) is 12.4 Å². The Bertz CT molecular complexity index is 788. The second-order valence-corrected chi connectivity index (χ2v) is 6.23. The summed E-state index contributed by atoms with van der Waals surface area (Å²) in [6.07, 6.45) is 3.17. The van der Waals surface area contributed by atoms with Crippen molar-refractivity contribution in [1.82, 2.24) is 5.32 Å². The van der Waals surface area contributed by atoms with Crippen molar-refractivity contribution in [1.29, 1.82) is 0 Å². The molecule has 0 aliphatic carbocycles. The van der Waals surface area contributed by atoms with Gasteiger partial charge in [-0.1, -0.05) is 29.8 Å². The minimum absolute atomic E-state index is 0.277. The molecular weight excluding hydrogens is 332 g/mol. The lowest BCUT2D eigenvalue weighted by Crippen LogP contribution is -2.33. The SMILES string of the molecule is COc1ccc(C=CC(=O)NC(=S)Nc2c(C)cc(C)cc2C)cc1. The molecule has 0 aliphatic rings. The molecule has 5 heteroatoms. The molecule has 0 atom stereocenters. The molecule has 2 N–H and O–H groups in total. The van der Waals surface area contributed by atoms with Gasteiger partial charge in [0.05, 0.1) is 7.11 Å². The van der Waals surface area contributed by atoms with Crippen LogP contribution in [-0.4, -0.2) is 18.1 Å². The fourth-order valence-electron chi connectivity index (χ4n) is 2.56. The van der Waals surface area contributed by atoms with E-state index in [2.05, 4.69) is 22.8 Å². The van der Waals surface area contributed by atoms with Gasteiger partial charge in [-0.3, -0.25) is 10.1 Å². The Morgan fingerprint density at radius 1 is 1.08 bits per heavy atom. The number of nitrogens with one attached hydrogen (secondary N) is 2. The van der Waals surface area contributed by atoms with Crippen LogP contribution in [0.1, 0.15) is 22.3 Å². The first kappa shape index (κ1) is 18.7. The molecular formula is C20H22N2O2S. The third-order valence-electron chi connectivity index (χ3n) is 3.70. The summed E-state index contributed by atoms with van der Waals surface area (Å²) in [6, 6.07) is 11.6. The van der Waals surface area contributed by atoms with E-state index in [-0.39, 0.29) is 11.0 Å². The fraction of sp³-hybridized carbons (Fsp3) is 0.200. The van der Waals surface area contributed by atoms with E-state index in [1.807, 2.05) is 45.0 Å². The van der Waals surface area contributed by atoms with Crippen LogP contribution < -0.4 is 15.4 Å². The summed E-state index contributed by atoms with van der Waals surface area (Å²) < 4.78 is 5.10. The number of aryl methyl sites for hydroxylation is 3. The Balaban J connectivity index is 1.96. The van der Waals surface area contributed by atoms with Crippen molar-refractivity contribution in [3.8, 4) is 5.75 Å².